The van der Waals surface area contributed by atoms with E-state index in [0.717, 1.165) is 0 Å². The van der Waals surface area contributed by atoms with Gasteiger partial charge in [-0.1, -0.05) is 6.92 Å². The highest BCUT2D eigenvalue weighted by atomic mass is 19.4. The Hall–Kier alpha value is -2.97. The molecule has 28 heavy (non-hydrogen) atoms. The minimum Gasteiger partial charge on any atom is -0.493 e. The molecule has 0 saturated carbocycles. The molecular weight excluding hydrogens is 379 g/mol. The van der Waals surface area contributed by atoms with Crippen molar-refractivity contribution in [2.45, 2.75) is 32.0 Å². The normalized spacial score (nSPS) is 15.5. The van der Waals surface area contributed by atoms with Crippen molar-refractivity contribution in [2.75, 3.05) is 13.7 Å². The van der Waals surface area contributed by atoms with Crippen LogP contribution in [-0.4, -0.2) is 35.5 Å². The van der Waals surface area contributed by atoms with E-state index in [0.29, 0.717) is 29.7 Å². The van der Waals surface area contributed by atoms with Crippen LogP contribution in [0.4, 0.5) is 13.2 Å². The molecule has 1 atom stereocenters. The Kier molecular flexibility index (Phi) is 5.10. The molecule has 150 valence electrons. The van der Waals surface area contributed by atoms with Gasteiger partial charge in [0.1, 0.15) is 5.56 Å². The summed E-state index contributed by atoms with van der Waals surface area (Å²) in [5, 5.41) is 9.22. The zero-order valence-corrected chi connectivity index (χ0v) is 15.2. The summed E-state index contributed by atoms with van der Waals surface area (Å²) < 4.78 is 49.4. The molecular formula is C19H18F3NO5. The Morgan fingerprint density at radius 1 is 1.29 bits per heavy atom. The molecule has 1 aliphatic rings. The second-order valence-corrected chi connectivity index (χ2v) is 6.48. The fourth-order valence-corrected chi connectivity index (χ4v) is 3.36. The largest absolute Gasteiger partial charge is 0.493 e. The van der Waals surface area contributed by atoms with E-state index in [1.165, 1.54) is 31.5 Å². The highest BCUT2D eigenvalue weighted by Gasteiger charge is 2.31. The Balaban J connectivity index is 2.15. The van der Waals surface area contributed by atoms with Gasteiger partial charge in [-0.2, -0.15) is 13.2 Å². The average Bonchev–Trinajstić information content (AvgIpc) is 2.63. The average molecular weight is 397 g/mol. The van der Waals surface area contributed by atoms with Crippen molar-refractivity contribution in [1.82, 2.24) is 4.57 Å². The number of ether oxygens (including phenoxy) is 2. The fraction of sp³-hybridized carbons (Fsp3) is 0.368. The monoisotopic (exact) mass is 397 g/mol. The Labute approximate surface area is 158 Å². The molecule has 9 heteroatoms. The van der Waals surface area contributed by atoms with Crippen LogP contribution in [0.5, 0.6) is 11.5 Å². The fourth-order valence-electron chi connectivity index (χ4n) is 3.36. The van der Waals surface area contributed by atoms with Gasteiger partial charge in [0.25, 0.3) is 0 Å². The number of aromatic nitrogens is 1. The van der Waals surface area contributed by atoms with Crippen LogP contribution in [0.3, 0.4) is 0 Å². The van der Waals surface area contributed by atoms with Crippen molar-refractivity contribution in [2.24, 2.45) is 0 Å². The van der Waals surface area contributed by atoms with E-state index in [9.17, 15) is 27.9 Å². The molecule has 3 rings (SSSR count). The molecule has 6 nitrogen and oxygen atoms in total. The highest BCUT2D eigenvalue weighted by molar-refractivity contribution is 5.87. The van der Waals surface area contributed by atoms with Gasteiger partial charge >= 0.3 is 12.1 Å². The van der Waals surface area contributed by atoms with Crippen molar-refractivity contribution >= 4 is 5.97 Å². The molecule has 1 aromatic carbocycles. The molecule has 2 aromatic rings. The first-order valence-corrected chi connectivity index (χ1v) is 8.55. The smallest absolute Gasteiger partial charge is 0.422 e. The molecule has 0 saturated heterocycles. The first kappa shape index (κ1) is 19.8. The number of nitrogens with zero attached hydrogens (tertiary/aromatic N) is 1. The number of hydrogen-bond donors (Lipinski definition) is 1. The molecule has 0 unspecified atom stereocenters. The van der Waals surface area contributed by atoms with Gasteiger partial charge < -0.3 is 19.1 Å². The Bertz CT molecular complexity index is 981. The number of carbonyl (C=O) groups is 1. The number of halogens is 3. The third-order valence-corrected chi connectivity index (χ3v) is 4.69. The molecule has 1 aromatic heterocycles. The molecule has 1 N–H and O–H groups in total. The molecule has 0 fully saturated rings. The summed E-state index contributed by atoms with van der Waals surface area (Å²) in [6.45, 7) is 0.458. The lowest BCUT2D eigenvalue weighted by atomic mass is 9.90. The first-order valence-electron chi connectivity index (χ1n) is 8.55. The van der Waals surface area contributed by atoms with E-state index in [2.05, 4.69) is 0 Å². The lowest BCUT2D eigenvalue weighted by molar-refractivity contribution is -0.153. The van der Waals surface area contributed by atoms with Gasteiger partial charge in [0.05, 0.1) is 12.8 Å². The van der Waals surface area contributed by atoms with E-state index >= 15 is 0 Å². The Morgan fingerprint density at radius 2 is 2.00 bits per heavy atom. The quantitative estimate of drug-likeness (QED) is 0.833. The first-order chi connectivity index (χ1) is 13.1. The number of fused-ring (bicyclic) bond motifs is 3. The summed E-state index contributed by atoms with van der Waals surface area (Å²) >= 11 is 0. The molecule has 0 amide bonds. The van der Waals surface area contributed by atoms with Crippen LogP contribution in [0.1, 0.15) is 35.3 Å². The van der Waals surface area contributed by atoms with E-state index in [1.54, 1.807) is 4.57 Å². The van der Waals surface area contributed by atoms with E-state index in [-0.39, 0.29) is 23.1 Å². The number of rotatable bonds is 5. The molecule has 2 heterocycles. The van der Waals surface area contributed by atoms with Crippen LogP contribution in [0.2, 0.25) is 0 Å². The summed E-state index contributed by atoms with van der Waals surface area (Å²) in [4.78, 5) is 23.5. The van der Waals surface area contributed by atoms with Crippen LogP contribution < -0.4 is 14.9 Å². The van der Waals surface area contributed by atoms with Gasteiger partial charge in [0.15, 0.2) is 23.5 Å². The lowest BCUT2D eigenvalue weighted by Gasteiger charge is -2.31. The van der Waals surface area contributed by atoms with Gasteiger partial charge in [-0.15, -0.1) is 0 Å². The van der Waals surface area contributed by atoms with Gasteiger partial charge in [0, 0.05) is 23.9 Å². The molecule has 0 aliphatic carbocycles. The van der Waals surface area contributed by atoms with Crippen LogP contribution in [0.25, 0.3) is 11.3 Å². The summed E-state index contributed by atoms with van der Waals surface area (Å²) in [6, 6.07) is 4.09. The third-order valence-electron chi connectivity index (χ3n) is 4.69. The second kappa shape index (κ2) is 7.21. The predicted octanol–water partition coefficient (Wildman–Crippen LogP) is 3.67. The second-order valence-electron chi connectivity index (χ2n) is 6.48. The number of alkyl halides is 3. The van der Waals surface area contributed by atoms with Crippen LogP contribution in [0, 0.1) is 0 Å². The zero-order chi connectivity index (χ0) is 20.6. The van der Waals surface area contributed by atoms with Gasteiger partial charge in [-0.05, 0) is 30.5 Å². The van der Waals surface area contributed by atoms with Crippen LogP contribution in [0.15, 0.2) is 29.2 Å². The van der Waals surface area contributed by atoms with Crippen LogP contribution >= 0.6 is 0 Å². The summed E-state index contributed by atoms with van der Waals surface area (Å²) in [6.07, 6.45) is -2.08. The third kappa shape index (κ3) is 3.69. The standard InChI is InChI=1S/C19H18F3NO5/c1-3-11-4-10-5-17(28-9-19(20,21)22)16(27-2)6-12(10)14-7-15(24)13(18(25)26)8-23(11)14/h5-8,11H,3-4,9H2,1-2H3,(H,25,26)/t11-/m1/s1. The number of carboxylic acid groups (broad SMARTS) is 1. The van der Waals surface area contributed by atoms with Crippen molar-refractivity contribution in [3.05, 3.63) is 45.7 Å². The number of aromatic carboxylic acids is 1. The van der Waals surface area contributed by atoms with E-state index in [4.69, 9.17) is 9.47 Å². The molecule has 1 aliphatic heterocycles. The van der Waals surface area contributed by atoms with Crippen molar-refractivity contribution in [3.8, 4) is 22.8 Å². The molecule has 0 bridgehead atoms. The lowest BCUT2D eigenvalue weighted by Crippen LogP contribution is -2.25. The van der Waals surface area contributed by atoms with Crippen molar-refractivity contribution < 1.29 is 32.5 Å². The van der Waals surface area contributed by atoms with Crippen molar-refractivity contribution in [3.63, 3.8) is 0 Å². The van der Waals surface area contributed by atoms with E-state index in [1.807, 2.05) is 6.92 Å². The maximum Gasteiger partial charge on any atom is 0.422 e. The summed E-state index contributed by atoms with van der Waals surface area (Å²) in [5.41, 5.74) is 0.812. The zero-order valence-electron chi connectivity index (χ0n) is 15.2. The van der Waals surface area contributed by atoms with Crippen molar-refractivity contribution in [1.29, 1.82) is 0 Å². The maximum atomic E-state index is 12.5. The molecule has 0 radical (unpaired) electrons. The van der Waals surface area contributed by atoms with Crippen LogP contribution in [-0.2, 0) is 6.42 Å². The number of methoxy groups -OCH3 is 1. The van der Waals surface area contributed by atoms with Gasteiger partial charge in [-0.3, -0.25) is 4.79 Å². The number of carboxylic acids is 1. The maximum absolute atomic E-state index is 12.5. The highest BCUT2D eigenvalue weighted by Crippen LogP contribution is 2.42. The van der Waals surface area contributed by atoms with Gasteiger partial charge in [0.2, 0.25) is 0 Å². The Morgan fingerprint density at radius 3 is 2.57 bits per heavy atom. The minimum atomic E-state index is -4.49. The van der Waals surface area contributed by atoms with Gasteiger partial charge in [-0.25, -0.2) is 4.79 Å². The summed E-state index contributed by atoms with van der Waals surface area (Å²) in [5.74, 6) is -1.25. The summed E-state index contributed by atoms with van der Waals surface area (Å²) in [7, 11) is 1.31. The topological polar surface area (TPSA) is 77.8 Å². The predicted molar refractivity (Wildman–Crippen MR) is 94.2 cm³/mol. The number of hydrogen-bond acceptors (Lipinski definition) is 4. The number of pyridine rings is 1. The minimum absolute atomic E-state index is 0.0358. The molecule has 0 spiro atoms. The van der Waals surface area contributed by atoms with E-state index < -0.39 is 24.2 Å². The number of benzene rings is 1. The SMILES string of the molecule is CC[C@@H]1Cc2cc(OCC(F)(F)F)c(OC)cc2-c2cc(=O)c(C(=O)O)cn21.